The summed E-state index contributed by atoms with van der Waals surface area (Å²) in [5.41, 5.74) is 4.60. The lowest BCUT2D eigenvalue weighted by Gasteiger charge is -2.17. The molecule has 0 heterocycles. The minimum absolute atomic E-state index is 0.0443. The van der Waals surface area contributed by atoms with Crippen LogP contribution in [0.15, 0.2) is 66.7 Å². The van der Waals surface area contributed by atoms with Crippen molar-refractivity contribution < 1.29 is 9.59 Å². The van der Waals surface area contributed by atoms with Crippen LogP contribution in [-0.4, -0.2) is 11.7 Å². The van der Waals surface area contributed by atoms with Crippen molar-refractivity contribution >= 4 is 46.5 Å². The molecule has 5 heteroatoms. The Morgan fingerprint density at radius 1 is 0.844 bits per heavy atom. The minimum atomic E-state index is -0.0443. The zero-order valence-corrected chi connectivity index (χ0v) is 21.2. The van der Waals surface area contributed by atoms with Gasteiger partial charge >= 0.3 is 0 Å². The molecule has 3 rings (SSSR count). The van der Waals surface area contributed by atoms with E-state index in [4.69, 9.17) is 0 Å². The monoisotopic (exact) mass is 463 g/mol. The van der Waals surface area contributed by atoms with Crippen LogP contribution in [0.5, 0.6) is 0 Å². The molecule has 0 aliphatic rings. The summed E-state index contributed by atoms with van der Waals surface area (Å²) < 4.78 is 0. The third-order valence-electron chi connectivity index (χ3n) is 5.77. The van der Waals surface area contributed by atoms with Crippen molar-refractivity contribution in [3.8, 4) is 11.1 Å². The number of hydrogen-bond donors (Lipinski definition) is 1. The molecule has 0 saturated heterocycles. The molecule has 3 aromatic rings. The molecule has 1 amide bonds. The van der Waals surface area contributed by atoms with Crippen molar-refractivity contribution in [1.29, 1.82) is 0 Å². The Kier molecular flexibility index (Phi) is 8.35. The fourth-order valence-corrected chi connectivity index (χ4v) is 4.36. The predicted octanol–water partition coefficient (Wildman–Crippen LogP) is 5.40. The molecule has 3 nitrogen and oxygen atoms in total. The summed E-state index contributed by atoms with van der Waals surface area (Å²) in [6.45, 7) is 6.26. The van der Waals surface area contributed by atoms with E-state index in [0.717, 1.165) is 45.0 Å². The quantitative estimate of drug-likeness (QED) is 0.359. The Bertz CT molecular complexity index is 1090. The van der Waals surface area contributed by atoms with Gasteiger partial charge in [-0.3, -0.25) is 9.59 Å². The first kappa shape index (κ1) is 24.3. The summed E-state index contributed by atoms with van der Waals surface area (Å²) in [6, 6.07) is 21.6. The smallest absolute Gasteiger partial charge is 0.228 e. The topological polar surface area (TPSA) is 46.2 Å². The molecule has 0 saturated carbocycles. The normalized spacial score (nSPS) is 11.9. The maximum Gasteiger partial charge on any atom is 0.228 e. The van der Waals surface area contributed by atoms with Crippen molar-refractivity contribution in [2.24, 2.45) is 11.8 Å². The number of amides is 1. The third-order valence-corrected chi connectivity index (χ3v) is 7.13. The molecule has 3 atom stereocenters. The molecule has 0 spiro atoms. The molecule has 0 aliphatic heterocycles. The number of carbonyl (C=O) groups excluding carboxylic acids is 2. The van der Waals surface area contributed by atoms with E-state index in [2.05, 4.69) is 44.6 Å². The summed E-state index contributed by atoms with van der Waals surface area (Å²) in [4.78, 5) is 25.1. The number of nitrogens with one attached hydrogen (secondary N) is 1. The fourth-order valence-electron chi connectivity index (χ4n) is 3.87. The Balaban J connectivity index is 1.64. The van der Waals surface area contributed by atoms with Crippen molar-refractivity contribution in [1.82, 2.24) is 0 Å². The minimum Gasteiger partial charge on any atom is -0.326 e. The largest absolute Gasteiger partial charge is 0.326 e. The lowest BCUT2D eigenvalue weighted by Crippen LogP contribution is -2.19. The Morgan fingerprint density at radius 2 is 1.44 bits per heavy atom. The molecule has 3 aromatic carbocycles. The van der Waals surface area contributed by atoms with Crippen LogP contribution in [0.2, 0.25) is 0 Å². The molecule has 0 aliphatic carbocycles. The highest BCUT2D eigenvalue weighted by Gasteiger charge is 2.21. The van der Waals surface area contributed by atoms with E-state index in [1.54, 1.807) is 0 Å². The maximum absolute atomic E-state index is 12.7. The first-order valence-corrected chi connectivity index (χ1v) is 12.1. The number of hydrogen-bond acceptors (Lipinski definition) is 2. The van der Waals surface area contributed by atoms with Crippen LogP contribution in [-0.2, 0) is 11.2 Å². The number of carbonyl (C=O) groups is 2. The van der Waals surface area contributed by atoms with Crippen LogP contribution < -0.4 is 15.9 Å². The molecule has 32 heavy (non-hydrogen) atoms. The zero-order chi connectivity index (χ0) is 23.3. The standard InChI is InChI=1S/C27H31NO2P2/c1-4-23(17(2)3)27(30)21-8-6-19(7-9-21)20-10-12-22(13-11-20)28-26(29)16-18-5-14-24(31)25(32)15-18/h5-15,17,23H,4,16,31-32H2,1-3H3,(H,28,29). The predicted molar refractivity (Wildman–Crippen MR) is 142 cm³/mol. The van der Waals surface area contributed by atoms with Gasteiger partial charge in [0.05, 0.1) is 6.42 Å². The molecule has 166 valence electrons. The van der Waals surface area contributed by atoms with E-state index < -0.39 is 0 Å². The van der Waals surface area contributed by atoms with Crippen LogP contribution in [0.4, 0.5) is 5.69 Å². The van der Waals surface area contributed by atoms with E-state index in [1.807, 2.05) is 66.7 Å². The van der Waals surface area contributed by atoms with Crippen LogP contribution in [0.25, 0.3) is 11.1 Å². The second-order valence-corrected chi connectivity index (χ2v) is 9.71. The average molecular weight is 463 g/mol. The van der Waals surface area contributed by atoms with Gasteiger partial charge in [-0.05, 0) is 51.8 Å². The summed E-state index contributed by atoms with van der Waals surface area (Å²) in [6.07, 6.45) is 1.19. The number of anilines is 1. The molecule has 3 unspecified atom stereocenters. The zero-order valence-electron chi connectivity index (χ0n) is 18.9. The van der Waals surface area contributed by atoms with E-state index in [-0.39, 0.29) is 17.6 Å². The van der Waals surface area contributed by atoms with E-state index >= 15 is 0 Å². The molecule has 1 N–H and O–H groups in total. The van der Waals surface area contributed by atoms with Crippen molar-refractivity contribution in [2.75, 3.05) is 5.32 Å². The van der Waals surface area contributed by atoms with Crippen LogP contribution in [0, 0.1) is 11.8 Å². The van der Waals surface area contributed by atoms with E-state index in [1.165, 1.54) is 0 Å². The molecule has 0 fully saturated rings. The van der Waals surface area contributed by atoms with Crippen molar-refractivity contribution in [3.63, 3.8) is 0 Å². The van der Waals surface area contributed by atoms with E-state index in [9.17, 15) is 9.59 Å². The van der Waals surface area contributed by atoms with Gasteiger partial charge in [-0.1, -0.05) is 75.4 Å². The Hall–Kier alpha value is -2.34. The van der Waals surface area contributed by atoms with Crippen molar-refractivity contribution in [2.45, 2.75) is 33.6 Å². The first-order chi connectivity index (χ1) is 15.3. The van der Waals surface area contributed by atoms with Gasteiger partial charge < -0.3 is 5.32 Å². The number of benzene rings is 3. The van der Waals surface area contributed by atoms with Crippen molar-refractivity contribution in [3.05, 3.63) is 77.9 Å². The highest BCUT2D eigenvalue weighted by Crippen LogP contribution is 2.25. The highest BCUT2D eigenvalue weighted by atomic mass is 31.0. The summed E-state index contributed by atoms with van der Waals surface area (Å²) in [7, 11) is 5.36. The molecular formula is C27H31NO2P2. The van der Waals surface area contributed by atoms with Gasteiger partial charge in [0.25, 0.3) is 0 Å². The van der Waals surface area contributed by atoms with Crippen LogP contribution in [0.1, 0.15) is 43.1 Å². The summed E-state index contributed by atoms with van der Waals surface area (Å²) >= 11 is 0. The van der Waals surface area contributed by atoms with Crippen LogP contribution in [0.3, 0.4) is 0 Å². The number of Topliss-reactive ketones (excluding diaryl/α,β-unsaturated/α-hetero) is 1. The first-order valence-electron chi connectivity index (χ1n) is 11.0. The number of rotatable bonds is 8. The van der Waals surface area contributed by atoms with E-state index in [0.29, 0.717) is 12.3 Å². The van der Waals surface area contributed by atoms with Gasteiger partial charge in [0, 0.05) is 17.2 Å². The second kappa shape index (κ2) is 11.0. The van der Waals surface area contributed by atoms with Gasteiger partial charge in [-0.2, -0.15) is 0 Å². The average Bonchev–Trinajstić information content (AvgIpc) is 2.77. The SMILES string of the molecule is CCC(C(=O)c1ccc(-c2ccc(NC(=O)Cc3ccc(P)c(P)c3)cc2)cc1)C(C)C. The molecule has 0 bridgehead atoms. The molecule has 0 aromatic heterocycles. The highest BCUT2D eigenvalue weighted by molar-refractivity contribution is 7.35. The molecular weight excluding hydrogens is 432 g/mol. The van der Waals surface area contributed by atoms with Gasteiger partial charge in [-0.15, -0.1) is 18.5 Å². The Labute approximate surface area is 195 Å². The van der Waals surface area contributed by atoms with Gasteiger partial charge in [0.2, 0.25) is 5.91 Å². The molecule has 0 radical (unpaired) electrons. The second-order valence-electron chi connectivity index (χ2n) is 8.47. The lowest BCUT2D eigenvalue weighted by molar-refractivity contribution is -0.115. The van der Waals surface area contributed by atoms with Crippen LogP contribution >= 0.6 is 18.5 Å². The third kappa shape index (κ3) is 6.12. The van der Waals surface area contributed by atoms with Gasteiger partial charge in [-0.25, -0.2) is 0 Å². The maximum atomic E-state index is 12.7. The summed E-state index contributed by atoms with van der Waals surface area (Å²) in [5.74, 6) is 0.568. The lowest BCUT2D eigenvalue weighted by atomic mass is 9.85. The Morgan fingerprint density at radius 3 is 1.97 bits per heavy atom. The fraction of sp³-hybridized carbons (Fsp3) is 0.259. The van der Waals surface area contributed by atoms with Gasteiger partial charge in [0.1, 0.15) is 0 Å². The summed E-state index contributed by atoms with van der Waals surface area (Å²) in [5, 5.41) is 5.15. The van der Waals surface area contributed by atoms with Gasteiger partial charge in [0.15, 0.2) is 5.78 Å². The number of ketones is 1.